The number of anilines is 1. The molecule has 1 aromatic carbocycles. The van der Waals surface area contributed by atoms with Crippen molar-refractivity contribution in [3.05, 3.63) is 29.6 Å². The van der Waals surface area contributed by atoms with Crippen LogP contribution in [-0.2, 0) is 5.88 Å². The number of halogens is 2. The highest BCUT2D eigenvalue weighted by Gasteiger charge is 2.26. The molecule has 21 heavy (non-hydrogen) atoms. The lowest BCUT2D eigenvalue weighted by Crippen LogP contribution is -2.46. The summed E-state index contributed by atoms with van der Waals surface area (Å²) in [6.45, 7) is 4.42. The Balaban J connectivity index is 1.60. The third-order valence-electron chi connectivity index (χ3n) is 4.88. The van der Waals surface area contributed by atoms with Crippen molar-refractivity contribution >= 4 is 17.3 Å². The Morgan fingerprint density at radius 2 is 1.76 bits per heavy atom. The van der Waals surface area contributed by atoms with Crippen LogP contribution in [0.25, 0.3) is 0 Å². The van der Waals surface area contributed by atoms with Crippen molar-refractivity contribution in [1.29, 1.82) is 0 Å². The number of nitrogens with zero attached hydrogens (tertiary/aromatic N) is 2. The molecule has 0 aliphatic carbocycles. The zero-order valence-corrected chi connectivity index (χ0v) is 13.3. The third-order valence-corrected chi connectivity index (χ3v) is 5.19. The minimum absolute atomic E-state index is 0.135. The Kier molecular flexibility index (Phi) is 5.02. The minimum Gasteiger partial charge on any atom is -0.369 e. The maximum absolute atomic E-state index is 14.2. The van der Waals surface area contributed by atoms with E-state index in [0.717, 1.165) is 37.2 Å². The molecular formula is C17H24ClFN2. The summed E-state index contributed by atoms with van der Waals surface area (Å²) in [6, 6.07) is 6.09. The van der Waals surface area contributed by atoms with Gasteiger partial charge in [-0.1, -0.05) is 12.5 Å². The van der Waals surface area contributed by atoms with Crippen molar-refractivity contribution in [3.8, 4) is 0 Å². The van der Waals surface area contributed by atoms with Gasteiger partial charge in [0.15, 0.2) is 0 Å². The monoisotopic (exact) mass is 310 g/mol. The van der Waals surface area contributed by atoms with Crippen LogP contribution < -0.4 is 4.90 Å². The summed E-state index contributed by atoms with van der Waals surface area (Å²) in [6.07, 6.45) is 6.37. The average Bonchev–Trinajstić information content (AvgIpc) is 2.56. The summed E-state index contributed by atoms with van der Waals surface area (Å²) in [4.78, 5) is 4.83. The van der Waals surface area contributed by atoms with Crippen LogP contribution in [0, 0.1) is 5.82 Å². The van der Waals surface area contributed by atoms with E-state index in [1.807, 2.05) is 12.1 Å². The average molecular weight is 311 g/mol. The van der Waals surface area contributed by atoms with Crippen LogP contribution >= 0.6 is 11.6 Å². The second-order valence-electron chi connectivity index (χ2n) is 6.23. The number of likely N-dealkylation sites (tertiary alicyclic amines) is 1. The number of piperidine rings is 2. The van der Waals surface area contributed by atoms with Gasteiger partial charge in [0.1, 0.15) is 5.82 Å². The Morgan fingerprint density at radius 3 is 2.38 bits per heavy atom. The van der Waals surface area contributed by atoms with Crippen LogP contribution in [0.1, 0.15) is 37.7 Å². The van der Waals surface area contributed by atoms with Crippen molar-refractivity contribution < 1.29 is 4.39 Å². The van der Waals surface area contributed by atoms with E-state index in [9.17, 15) is 4.39 Å². The zero-order chi connectivity index (χ0) is 14.7. The van der Waals surface area contributed by atoms with E-state index >= 15 is 0 Å². The van der Waals surface area contributed by atoms with Crippen LogP contribution in [0.15, 0.2) is 18.2 Å². The maximum atomic E-state index is 14.2. The maximum Gasteiger partial charge on any atom is 0.146 e. The number of hydrogen-bond donors (Lipinski definition) is 0. The molecule has 0 amide bonds. The van der Waals surface area contributed by atoms with Crippen LogP contribution in [0.4, 0.5) is 10.1 Å². The van der Waals surface area contributed by atoms with E-state index in [1.54, 1.807) is 6.07 Å². The number of benzene rings is 1. The first-order valence-electron chi connectivity index (χ1n) is 8.11. The highest BCUT2D eigenvalue weighted by atomic mass is 35.5. The van der Waals surface area contributed by atoms with Gasteiger partial charge in [0.2, 0.25) is 0 Å². The SMILES string of the molecule is Fc1cc(CCl)ccc1N1CCC(N2CCCCC2)CC1. The Morgan fingerprint density at radius 1 is 1.05 bits per heavy atom. The second-order valence-corrected chi connectivity index (χ2v) is 6.50. The van der Waals surface area contributed by atoms with Crippen LogP contribution in [0.3, 0.4) is 0 Å². The fourth-order valence-corrected chi connectivity index (χ4v) is 3.81. The molecule has 3 rings (SSSR count). The molecule has 0 spiro atoms. The number of rotatable bonds is 3. The van der Waals surface area contributed by atoms with Gasteiger partial charge in [-0.15, -0.1) is 11.6 Å². The van der Waals surface area contributed by atoms with Gasteiger partial charge in [-0.05, 0) is 56.5 Å². The van der Waals surface area contributed by atoms with Gasteiger partial charge in [-0.3, -0.25) is 0 Å². The molecule has 0 radical (unpaired) electrons. The molecule has 2 aliphatic heterocycles. The van der Waals surface area contributed by atoms with Crippen molar-refractivity contribution in [2.45, 2.75) is 44.0 Å². The topological polar surface area (TPSA) is 6.48 Å². The summed E-state index contributed by atoms with van der Waals surface area (Å²) in [7, 11) is 0. The lowest BCUT2D eigenvalue weighted by molar-refractivity contribution is 0.141. The van der Waals surface area contributed by atoms with Crippen molar-refractivity contribution in [3.63, 3.8) is 0 Å². The second kappa shape index (κ2) is 6.97. The highest BCUT2D eigenvalue weighted by molar-refractivity contribution is 6.17. The smallest absolute Gasteiger partial charge is 0.146 e. The predicted molar refractivity (Wildman–Crippen MR) is 86.6 cm³/mol. The molecule has 4 heteroatoms. The molecule has 2 aliphatic rings. The number of alkyl halides is 1. The summed E-state index contributed by atoms with van der Waals surface area (Å²) < 4.78 is 14.2. The van der Waals surface area contributed by atoms with Gasteiger partial charge in [0, 0.05) is 25.0 Å². The predicted octanol–water partition coefficient (Wildman–Crippen LogP) is 4.02. The first-order chi connectivity index (χ1) is 10.3. The molecule has 0 aromatic heterocycles. The fraction of sp³-hybridized carbons (Fsp3) is 0.647. The van der Waals surface area contributed by atoms with E-state index in [1.165, 1.54) is 32.4 Å². The van der Waals surface area contributed by atoms with Gasteiger partial charge in [-0.25, -0.2) is 4.39 Å². The van der Waals surface area contributed by atoms with Crippen molar-refractivity contribution in [2.75, 3.05) is 31.1 Å². The molecule has 2 nitrogen and oxygen atoms in total. The van der Waals surface area contributed by atoms with Crippen molar-refractivity contribution in [2.24, 2.45) is 0 Å². The zero-order valence-electron chi connectivity index (χ0n) is 12.5. The van der Waals surface area contributed by atoms with Crippen LogP contribution in [0.2, 0.25) is 0 Å². The van der Waals surface area contributed by atoms with Gasteiger partial charge in [0.05, 0.1) is 5.69 Å². The Labute approximate surface area is 131 Å². The number of hydrogen-bond acceptors (Lipinski definition) is 2. The molecule has 0 N–H and O–H groups in total. The summed E-state index contributed by atoms with van der Waals surface area (Å²) in [5.74, 6) is 0.235. The normalized spacial score (nSPS) is 21.7. The van der Waals surface area contributed by atoms with E-state index in [2.05, 4.69) is 9.80 Å². The van der Waals surface area contributed by atoms with Crippen LogP contribution in [-0.4, -0.2) is 37.1 Å². The largest absolute Gasteiger partial charge is 0.369 e. The highest BCUT2D eigenvalue weighted by Crippen LogP contribution is 2.27. The first kappa shape index (κ1) is 15.1. The van der Waals surface area contributed by atoms with E-state index in [-0.39, 0.29) is 5.82 Å². The van der Waals surface area contributed by atoms with Gasteiger partial charge < -0.3 is 9.80 Å². The summed E-state index contributed by atoms with van der Waals surface area (Å²) >= 11 is 5.76. The Hall–Kier alpha value is -0.800. The third kappa shape index (κ3) is 3.51. The first-order valence-corrected chi connectivity index (χ1v) is 8.65. The molecule has 0 atom stereocenters. The Bertz CT molecular complexity index is 466. The van der Waals surface area contributed by atoms with E-state index < -0.39 is 0 Å². The van der Waals surface area contributed by atoms with Crippen molar-refractivity contribution in [1.82, 2.24) is 4.90 Å². The molecule has 2 saturated heterocycles. The van der Waals surface area contributed by atoms with Gasteiger partial charge >= 0.3 is 0 Å². The van der Waals surface area contributed by atoms with Crippen LogP contribution in [0.5, 0.6) is 0 Å². The quantitative estimate of drug-likeness (QED) is 0.778. The van der Waals surface area contributed by atoms with Gasteiger partial charge in [-0.2, -0.15) is 0 Å². The fourth-order valence-electron chi connectivity index (χ4n) is 3.65. The molecule has 0 saturated carbocycles. The summed E-state index contributed by atoms with van der Waals surface area (Å²) in [5, 5.41) is 0. The standard InChI is InChI=1S/C17H24ClFN2/c18-13-14-4-5-17(16(19)12-14)21-10-6-15(7-11-21)20-8-2-1-3-9-20/h4-5,12,15H,1-3,6-11,13H2. The molecular weight excluding hydrogens is 287 g/mol. The molecule has 2 fully saturated rings. The minimum atomic E-state index is -0.135. The molecule has 0 unspecified atom stereocenters. The van der Waals surface area contributed by atoms with E-state index in [4.69, 9.17) is 11.6 Å². The molecule has 1 aromatic rings. The van der Waals surface area contributed by atoms with Gasteiger partial charge in [0.25, 0.3) is 0 Å². The lowest BCUT2D eigenvalue weighted by atomic mass is 9.99. The molecule has 2 heterocycles. The molecule has 0 bridgehead atoms. The molecule has 116 valence electrons. The summed E-state index contributed by atoms with van der Waals surface area (Å²) in [5.41, 5.74) is 1.59. The lowest BCUT2D eigenvalue weighted by Gasteiger charge is -2.41. The van der Waals surface area contributed by atoms with E-state index in [0.29, 0.717) is 11.9 Å².